The lowest BCUT2D eigenvalue weighted by Gasteiger charge is -2.07. The number of rotatable bonds is 2. The molecule has 1 N–H and O–H groups in total. The second kappa shape index (κ2) is 4.04. The van der Waals surface area contributed by atoms with Crippen molar-refractivity contribution in [3.63, 3.8) is 0 Å². The van der Waals surface area contributed by atoms with Crippen LogP contribution in [-0.2, 0) is 0 Å². The number of hydrogen-bond acceptors (Lipinski definition) is 1. The molecular weight excluding hydrogens is 160 g/mol. The third-order valence-corrected chi connectivity index (χ3v) is 1.42. The van der Waals surface area contributed by atoms with Crippen LogP contribution in [0, 0.1) is 17.3 Å². The van der Waals surface area contributed by atoms with Crippen molar-refractivity contribution < 1.29 is 0 Å². The van der Waals surface area contributed by atoms with E-state index in [1.54, 1.807) is 0 Å². The first-order valence-corrected chi connectivity index (χ1v) is 4.45. The summed E-state index contributed by atoms with van der Waals surface area (Å²) in [5, 5.41) is 0. The Morgan fingerprint density at radius 1 is 1.23 bits per heavy atom. The van der Waals surface area contributed by atoms with Gasteiger partial charge < -0.3 is 5.43 Å². The number of aromatic nitrogens is 1. The average molecular weight is 176 g/mol. The summed E-state index contributed by atoms with van der Waals surface area (Å²) in [5.41, 5.74) is 3.24. The third-order valence-electron chi connectivity index (χ3n) is 1.42. The summed E-state index contributed by atoms with van der Waals surface area (Å²) in [6.07, 6.45) is 3.91. The van der Waals surface area contributed by atoms with Crippen LogP contribution in [0.15, 0.2) is 24.5 Å². The minimum atomic E-state index is 0.0956. The highest BCUT2D eigenvalue weighted by Crippen LogP contribution is 2.09. The second-order valence-corrected chi connectivity index (χ2v) is 3.98. The second-order valence-electron chi connectivity index (χ2n) is 3.98. The van der Waals surface area contributed by atoms with Crippen LogP contribution in [0.25, 0.3) is 0 Å². The summed E-state index contributed by atoms with van der Waals surface area (Å²) in [6.45, 7) is 7.01. The van der Waals surface area contributed by atoms with Crippen LogP contribution in [-0.4, -0.2) is 11.2 Å². The molecule has 1 aromatic heterocycles. The fraction of sp³-hybridized carbons (Fsp3) is 0.455. The van der Waals surface area contributed by atoms with Gasteiger partial charge in [0.25, 0.3) is 0 Å². The van der Waals surface area contributed by atoms with Crippen molar-refractivity contribution in [3.05, 3.63) is 24.5 Å². The molecule has 0 fully saturated rings. The Labute approximate surface area is 79.9 Å². The average Bonchev–Trinajstić information content (AvgIpc) is 2.48. The minimum Gasteiger partial charge on any atom is -0.314 e. The van der Waals surface area contributed by atoms with E-state index < -0.39 is 0 Å². The standard InChI is InChI=1S/C11H16N2/c1-11(2,3)7-6-8-12-13-9-4-5-10-13/h4-5,9-10,12H,8H2,1-3H3. The minimum absolute atomic E-state index is 0.0956. The number of nitrogens with zero attached hydrogens (tertiary/aromatic N) is 1. The molecule has 0 aliphatic rings. The van der Waals surface area contributed by atoms with Gasteiger partial charge in [0.15, 0.2) is 0 Å². The van der Waals surface area contributed by atoms with Gasteiger partial charge in [-0.15, -0.1) is 0 Å². The Hall–Kier alpha value is -1.36. The molecule has 70 valence electrons. The summed E-state index contributed by atoms with van der Waals surface area (Å²) in [7, 11) is 0. The lowest BCUT2D eigenvalue weighted by atomic mass is 9.98. The molecule has 0 aromatic carbocycles. The molecule has 0 aliphatic heterocycles. The SMILES string of the molecule is CC(C)(C)C#CCNn1cccc1. The number of nitrogens with one attached hydrogen (secondary N) is 1. The molecule has 2 nitrogen and oxygen atoms in total. The molecular formula is C11H16N2. The molecule has 0 saturated heterocycles. The van der Waals surface area contributed by atoms with E-state index in [0.29, 0.717) is 6.54 Å². The van der Waals surface area contributed by atoms with E-state index in [-0.39, 0.29) is 5.41 Å². The Balaban J connectivity index is 2.32. The van der Waals surface area contributed by atoms with Gasteiger partial charge in [0, 0.05) is 17.8 Å². The fourth-order valence-electron chi connectivity index (χ4n) is 0.880. The normalized spacial score (nSPS) is 10.4. The van der Waals surface area contributed by atoms with Gasteiger partial charge in [-0.3, -0.25) is 4.68 Å². The van der Waals surface area contributed by atoms with Gasteiger partial charge in [-0.05, 0) is 32.9 Å². The van der Waals surface area contributed by atoms with Crippen LogP contribution >= 0.6 is 0 Å². The third kappa shape index (κ3) is 4.27. The lowest BCUT2D eigenvalue weighted by Crippen LogP contribution is -2.12. The van der Waals surface area contributed by atoms with Crippen LogP contribution in [0.3, 0.4) is 0 Å². The molecule has 1 heterocycles. The molecule has 1 rings (SSSR count). The first-order valence-electron chi connectivity index (χ1n) is 4.45. The predicted octanol–water partition coefficient (Wildman–Crippen LogP) is 2.08. The van der Waals surface area contributed by atoms with Crippen LogP contribution in [0.5, 0.6) is 0 Å². The topological polar surface area (TPSA) is 17.0 Å². The smallest absolute Gasteiger partial charge is 0.0922 e. The molecule has 0 bridgehead atoms. The summed E-state index contributed by atoms with van der Waals surface area (Å²) in [4.78, 5) is 0. The van der Waals surface area contributed by atoms with Gasteiger partial charge in [0.2, 0.25) is 0 Å². The van der Waals surface area contributed by atoms with E-state index in [2.05, 4.69) is 38.0 Å². The van der Waals surface area contributed by atoms with Crippen LogP contribution in [0.2, 0.25) is 0 Å². The zero-order valence-electron chi connectivity index (χ0n) is 8.46. The van der Waals surface area contributed by atoms with Gasteiger partial charge in [0.1, 0.15) is 0 Å². The lowest BCUT2D eigenvalue weighted by molar-refractivity contribution is 0.570. The van der Waals surface area contributed by atoms with Gasteiger partial charge >= 0.3 is 0 Å². The zero-order valence-corrected chi connectivity index (χ0v) is 8.46. The van der Waals surface area contributed by atoms with E-state index >= 15 is 0 Å². The van der Waals surface area contributed by atoms with Crippen molar-refractivity contribution in [2.24, 2.45) is 5.41 Å². The van der Waals surface area contributed by atoms with Crippen molar-refractivity contribution in [1.82, 2.24) is 4.68 Å². The summed E-state index contributed by atoms with van der Waals surface area (Å²) in [6, 6.07) is 3.95. The van der Waals surface area contributed by atoms with Gasteiger partial charge in [-0.2, -0.15) is 0 Å². The highest BCUT2D eigenvalue weighted by atomic mass is 15.4. The van der Waals surface area contributed by atoms with Gasteiger partial charge in [0.05, 0.1) is 6.54 Å². The molecule has 0 unspecified atom stereocenters. The molecule has 0 atom stereocenters. The highest BCUT2D eigenvalue weighted by Gasteiger charge is 2.02. The van der Waals surface area contributed by atoms with E-state index in [9.17, 15) is 0 Å². The Morgan fingerprint density at radius 2 is 1.85 bits per heavy atom. The molecule has 0 saturated carbocycles. The quantitative estimate of drug-likeness (QED) is 0.683. The van der Waals surface area contributed by atoms with Crippen molar-refractivity contribution in [2.45, 2.75) is 20.8 Å². The van der Waals surface area contributed by atoms with Crippen LogP contribution < -0.4 is 5.43 Å². The summed E-state index contributed by atoms with van der Waals surface area (Å²) >= 11 is 0. The maximum absolute atomic E-state index is 3.16. The van der Waals surface area contributed by atoms with E-state index in [4.69, 9.17) is 0 Å². The largest absolute Gasteiger partial charge is 0.314 e. The molecule has 0 radical (unpaired) electrons. The van der Waals surface area contributed by atoms with Crippen molar-refractivity contribution in [2.75, 3.05) is 12.0 Å². The first-order chi connectivity index (χ1) is 6.08. The van der Waals surface area contributed by atoms with E-state index in [0.717, 1.165) is 0 Å². The van der Waals surface area contributed by atoms with Crippen molar-refractivity contribution in [1.29, 1.82) is 0 Å². The molecule has 0 amide bonds. The molecule has 1 aromatic rings. The molecule has 0 aliphatic carbocycles. The van der Waals surface area contributed by atoms with Gasteiger partial charge in [-0.1, -0.05) is 11.8 Å². The van der Waals surface area contributed by atoms with Crippen molar-refractivity contribution >= 4 is 0 Å². The van der Waals surface area contributed by atoms with Crippen molar-refractivity contribution in [3.8, 4) is 11.8 Å². The molecule has 2 heteroatoms. The first kappa shape index (κ1) is 9.73. The summed E-state index contributed by atoms with van der Waals surface area (Å²) < 4.78 is 1.90. The molecule has 0 spiro atoms. The Morgan fingerprint density at radius 3 is 2.38 bits per heavy atom. The van der Waals surface area contributed by atoms with Crippen LogP contribution in [0.4, 0.5) is 0 Å². The maximum atomic E-state index is 3.16. The zero-order chi connectivity index (χ0) is 9.73. The number of hydrogen-bond donors (Lipinski definition) is 1. The Bertz CT molecular complexity index is 293. The Kier molecular flexibility index (Phi) is 3.02. The van der Waals surface area contributed by atoms with E-state index in [1.165, 1.54) is 0 Å². The summed E-state index contributed by atoms with van der Waals surface area (Å²) in [5.74, 6) is 6.24. The van der Waals surface area contributed by atoms with Crippen LogP contribution in [0.1, 0.15) is 20.8 Å². The highest BCUT2D eigenvalue weighted by molar-refractivity contribution is 5.10. The van der Waals surface area contributed by atoms with E-state index in [1.807, 2.05) is 29.2 Å². The molecule has 13 heavy (non-hydrogen) atoms. The predicted molar refractivity (Wildman–Crippen MR) is 55.9 cm³/mol. The maximum Gasteiger partial charge on any atom is 0.0922 e. The van der Waals surface area contributed by atoms with Gasteiger partial charge in [-0.25, -0.2) is 0 Å². The fourth-order valence-corrected chi connectivity index (χ4v) is 0.880. The monoisotopic (exact) mass is 176 g/mol.